The summed E-state index contributed by atoms with van der Waals surface area (Å²) < 4.78 is 5.86. The molecule has 0 amide bonds. The SMILES string of the molecule is CN1CCC(Oc2nc(-n3nccn3)c(Cl)cc2N)C1. The number of hydrogen-bond donors (Lipinski definition) is 1. The van der Waals surface area contributed by atoms with Crippen LogP contribution in [-0.2, 0) is 0 Å². The molecule has 2 N–H and O–H groups in total. The molecule has 1 unspecified atom stereocenters. The van der Waals surface area contributed by atoms with E-state index in [0.29, 0.717) is 22.4 Å². The van der Waals surface area contributed by atoms with Crippen molar-refractivity contribution in [1.29, 1.82) is 0 Å². The number of rotatable bonds is 3. The Hall–Kier alpha value is -1.86. The van der Waals surface area contributed by atoms with Crippen molar-refractivity contribution in [3.8, 4) is 11.7 Å². The molecule has 0 aromatic carbocycles. The third-order valence-electron chi connectivity index (χ3n) is 3.18. The lowest BCUT2D eigenvalue weighted by atomic mass is 10.3. The molecule has 0 saturated carbocycles. The fourth-order valence-corrected chi connectivity index (χ4v) is 2.42. The average Bonchev–Trinajstić information content (AvgIpc) is 3.04. The van der Waals surface area contributed by atoms with Gasteiger partial charge in [0.25, 0.3) is 0 Å². The predicted molar refractivity (Wildman–Crippen MR) is 75.1 cm³/mol. The summed E-state index contributed by atoms with van der Waals surface area (Å²) in [5.41, 5.74) is 6.34. The zero-order chi connectivity index (χ0) is 14.1. The lowest BCUT2D eigenvalue weighted by Gasteiger charge is -2.15. The molecule has 8 heteroatoms. The fraction of sp³-hybridized carbons (Fsp3) is 0.417. The minimum Gasteiger partial charge on any atom is -0.471 e. The molecule has 20 heavy (non-hydrogen) atoms. The van der Waals surface area contributed by atoms with Gasteiger partial charge in [0.1, 0.15) is 6.10 Å². The Morgan fingerprint density at radius 3 is 2.80 bits per heavy atom. The van der Waals surface area contributed by atoms with Crippen LogP contribution in [0.4, 0.5) is 5.69 Å². The second kappa shape index (κ2) is 5.26. The van der Waals surface area contributed by atoms with Crippen molar-refractivity contribution in [2.24, 2.45) is 0 Å². The maximum Gasteiger partial charge on any atom is 0.239 e. The molecule has 1 atom stereocenters. The molecular formula is C12H15ClN6O. The first kappa shape index (κ1) is 13.1. The van der Waals surface area contributed by atoms with Crippen molar-refractivity contribution in [3.05, 3.63) is 23.5 Å². The van der Waals surface area contributed by atoms with Crippen LogP contribution in [0, 0.1) is 0 Å². The summed E-state index contributed by atoms with van der Waals surface area (Å²) in [4.78, 5) is 7.89. The van der Waals surface area contributed by atoms with Crippen LogP contribution in [0.25, 0.3) is 5.82 Å². The normalized spacial score (nSPS) is 19.4. The van der Waals surface area contributed by atoms with Crippen molar-refractivity contribution in [1.82, 2.24) is 24.9 Å². The summed E-state index contributed by atoms with van der Waals surface area (Å²) in [6, 6.07) is 1.61. The highest BCUT2D eigenvalue weighted by molar-refractivity contribution is 6.32. The van der Waals surface area contributed by atoms with Crippen molar-refractivity contribution in [3.63, 3.8) is 0 Å². The Morgan fingerprint density at radius 2 is 2.15 bits per heavy atom. The maximum atomic E-state index is 6.13. The predicted octanol–water partition coefficient (Wildman–Crippen LogP) is 0.981. The molecule has 1 saturated heterocycles. The third kappa shape index (κ3) is 2.54. The number of nitrogens with zero attached hydrogens (tertiary/aromatic N) is 5. The topological polar surface area (TPSA) is 82.1 Å². The van der Waals surface area contributed by atoms with E-state index in [1.807, 2.05) is 0 Å². The van der Waals surface area contributed by atoms with Crippen LogP contribution in [0.1, 0.15) is 6.42 Å². The number of nitrogen functional groups attached to an aromatic ring is 1. The number of likely N-dealkylation sites (tertiary alicyclic amines) is 1. The smallest absolute Gasteiger partial charge is 0.239 e. The van der Waals surface area contributed by atoms with Crippen LogP contribution in [0.2, 0.25) is 5.02 Å². The van der Waals surface area contributed by atoms with Gasteiger partial charge in [0.05, 0.1) is 23.1 Å². The van der Waals surface area contributed by atoms with Gasteiger partial charge in [-0.1, -0.05) is 11.6 Å². The number of aromatic nitrogens is 4. The van der Waals surface area contributed by atoms with E-state index in [2.05, 4.69) is 27.1 Å². The van der Waals surface area contributed by atoms with E-state index < -0.39 is 0 Å². The van der Waals surface area contributed by atoms with E-state index in [0.717, 1.165) is 19.5 Å². The first-order valence-electron chi connectivity index (χ1n) is 6.31. The summed E-state index contributed by atoms with van der Waals surface area (Å²) >= 11 is 6.13. The Kier molecular flexibility index (Phi) is 3.45. The molecule has 2 aromatic rings. The summed E-state index contributed by atoms with van der Waals surface area (Å²) in [5.74, 6) is 0.786. The zero-order valence-electron chi connectivity index (χ0n) is 11.0. The van der Waals surface area contributed by atoms with E-state index in [4.69, 9.17) is 22.1 Å². The largest absolute Gasteiger partial charge is 0.471 e. The summed E-state index contributed by atoms with van der Waals surface area (Å²) in [6.45, 7) is 1.87. The van der Waals surface area contributed by atoms with Crippen LogP contribution in [0.5, 0.6) is 5.88 Å². The van der Waals surface area contributed by atoms with E-state index in [1.165, 1.54) is 4.80 Å². The summed E-state index contributed by atoms with van der Waals surface area (Å²) in [5, 5.41) is 8.42. The molecule has 106 valence electrons. The number of ether oxygens (including phenoxy) is 1. The number of nitrogens with two attached hydrogens (primary N) is 1. The Bertz CT molecular complexity index is 602. The molecule has 0 spiro atoms. The molecule has 1 fully saturated rings. The quantitative estimate of drug-likeness (QED) is 0.909. The minimum absolute atomic E-state index is 0.0920. The third-order valence-corrected chi connectivity index (χ3v) is 3.46. The first-order chi connectivity index (χ1) is 9.63. The van der Waals surface area contributed by atoms with Crippen LogP contribution >= 0.6 is 11.6 Å². The lowest BCUT2D eigenvalue weighted by Crippen LogP contribution is -2.22. The molecule has 7 nitrogen and oxygen atoms in total. The average molecular weight is 295 g/mol. The van der Waals surface area contributed by atoms with Crippen molar-refractivity contribution >= 4 is 17.3 Å². The summed E-state index contributed by atoms with van der Waals surface area (Å²) in [7, 11) is 2.06. The monoisotopic (exact) mass is 294 g/mol. The zero-order valence-corrected chi connectivity index (χ0v) is 11.8. The molecule has 0 bridgehead atoms. The van der Waals surface area contributed by atoms with Gasteiger partial charge in [-0.3, -0.25) is 0 Å². The van der Waals surface area contributed by atoms with Crippen molar-refractivity contribution < 1.29 is 4.74 Å². The number of pyridine rings is 1. The van der Waals surface area contributed by atoms with Crippen LogP contribution in [-0.4, -0.2) is 51.1 Å². The molecule has 3 heterocycles. The highest BCUT2D eigenvalue weighted by Crippen LogP contribution is 2.29. The molecule has 0 aliphatic carbocycles. The van der Waals surface area contributed by atoms with Gasteiger partial charge < -0.3 is 15.4 Å². The molecule has 2 aromatic heterocycles. The van der Waals surface area contributed by atoms with E-state index in [-0.39, 0.29) is 6.10 Å². The van der Waals surface area contributed by atoms with Gasteiger partial charge in [-0.05, 0) is 19.5 Å². The van der Waals surface area contributed by atoms with Gasteiger partial charge in [-0.15, -0.1) is 4.80 Å². The van der Waals surface area contributed by atoms with E-state index >= 15 is 0 Å². The Morgan fingerprint density at radius 1 is 1.40 bits per heavy atom. The highest BCUT2D eigenvalue weighted by atomic mass is 35.5. The number of anilines is 1. The summed E-state index contributed by atoms with van der Waals surface area (Å²) in [6.07, 6.45) is 4.16. The Balaban J connectivity index is 1.89. The first-order valence-corrected chi connectivity index (χ1v) is 6.69. The highest BCUT2D eigenvalue weighted by Gasteiger charge is 2.23. The van der Waals surface area contributed by atoms with Gasteiger partial charge in [-0.25, -0.2) is 0 Å². The second-order valence-electron chi connectivity index (χ2n) is 4.80. The fourth-order valence-electron chi connectivity index (χ4n) is 2.19. The molecule has 1 aliphatic heterocycles. The molecule has 3 rings (SSSR count). The van der Waals surface area contributed by atoms with Gasteiger partial charge in [0, 0.05) is 13.1 Å². The number of halogens is 1. The van der Waals surface area contributed by atoms with Gasteiger partial charge >= 0.3 is 0 Å². The second-order valence-corrected chi connectivity index (χ2v) is 5.20. The standard InChI is InChI=1S/C12H15ClN6O/c1-18-5-2-8(7-18)20-12-10(14)6-9(13)11(17-12)19-15-3-4-16-19/h3-4,6,8H,2,5,7,14H2,1H3. The molecular weight excluding hydrogens is 280 g/mol. The Labute approximate surface area is 121 Å². The van der Waals surface area contributed by atoms with Crippen LogP contribution < -0.4 is 10.5 Å². The number of likely N-dealkylation sites (N-methyl/N-ethyl adjacent to an activating group) is 1. The minimum atomic E-state index is 0.0920. The van der Waals surface area contributed by atoms with Gasteiger partial charge in [0.2, 0.25) is 5.88 Å². The van der Waals surface area contributed by atoms with Crippen molar-refractivity contribution in [2.75, 3.05) is 25.9 Å². The number of hydrogen-bond acceptors (Lipinski definition) is 6. The van der Waals surface area contributed by atoms with E-state index in [1.54, 1.807) is 18.5 Å². The molecule has 0 radical (unpaired) electrons. The van der Waals surface area contributed by atoms with Crippen LogP contribution in [0.15, 0.2) is 18.5 Å². The van der Waals surface area contributed by atoms with Gasteiger partial charge in [0.15, 0.2) is 5.82 Å². The van der Waals surface area contributed by atoms with Gasteiger partial charge in [-0.2, -0.15) is 15.2 Å². The maximum absolute atomic E-state index is 6.13. The lowest BCUT2D eigenvalue weighted by molar-refractivity contribution is 0.201. The van der Waals surface area contributed by atoms with Crippen LogP contribution in [0.3, 0.4) is 0 Å². The van der Waals surface area contributed by atoms with E-state index in [9.17, 15) is 0 Å². The molecule has 1 aliphatic rings. The van der Waals surface area contributed by atoms with Crippen molar-refractivity contribution in [2.45, 2.75) is 12.5 Å².